The van der Waals surface area contributed by atoms with Gasteiger partial charge in [-0.3, -0.25) is 14.4 Å². The van der Waals surface area contributed by atoms with E-state index in [9.17, 15) is 14.4 Å². The number of carbonyl (C=O) groups is 2. The van der Waals surface area contributed by atoms with Crippen molar-refractivity contribution in [3.63, 3.8) is 0 Å². The Kier molecular flexibility index (Phi) is 4.77. The number of anilines is 1. The molecule has 0 radical (unpaired) electrons. The summed E-state index contributed by atoms with van der Waals surface area (Å²) in [7, 11) is 0. The summed E-state index contributed by atoms with van der Waals surface area (Å²) < 4.78 is 1.55. The quantitative estimate of drug-likeness (QED) is 0.905. The summed E-state index contributed by atoms with van der Waals surface area (Å²) in [4.78, 5) is 36.8. The molecule has 0 aromatic carbocycles. The normalized spacial score (nSPS) is 15.8. The van der Waals surface area contributed by atoms with Crippen LogP contribution in [0.25, 0.3) is 0 Å². The molecule has 0 saturated carbocycles. The molecule has 1 aromatic rings. The van der Waals surface area contributed by atoms with Gasteiger partial charge >= 0.3 is 0 Å². The number of rotatable bonds is 3. The molecule has 1 aliphatic heterocycles. The average Bonchev–Trinajstić information content (AvgIpc) is 2.49. The van der Waals surface area contributed by atoms with Crippen molar-refractivity contribution in [2.24, 2.45) is 5.92 Å². The fourth-order valence-electron chi connectivity index (χ4n) is 2.55. The minimum Gasteiger partial charge on any atom is -0.343 e. The highest BCUT2D eigenvalue weighted by molar-refractivity contribution is 5.92. The molecule has 2 rings (SSSR count). The number of nitrogens with one attached hydrogen (secondary N) is 1. The molecule has 1 fully saturated rings. The minimum atomic E-state index is -0.0809. The SMILES string of the molecule is CCn1cc(NC(=O)C2CCN(C(C)=O)CC2)ccc1=O. The van der Waals surface area contributed by atoms with Gasteiger partial charge in [0.15, 0.2) is 0 Å². The van der Waals surface area contributed by atoms with Crippen molar-refractivity contribution in [3.05, 3.63) is 28.7 Å². The molecule has 0 spiro atoms. The first-order valence-corrected chi connectivity index (χ1v) is 7.28. The van der Waals surface area contributed by atoms with Gasteiger partial charge in [-0.1, -0.05) is 0 Å². The number of hydrogen-bond donors (Lipinski definition) is 1. The molecular formula is C15H21N3O3. The summed E-state index contributed by atoms with van der Waals surface area (Å²) in [6.45, 7) is 5.25. The van der Waals surface area contributed by atoms with Crippen LogP contribution in [0.4, 0.5) is 5.69 Å². The van der Waals surface area contributed by atoms with Gasteiger partial charge in [-0.15, -0.1) is 0 Å². The molecule has 2 heterocycles. The van der Waals surface area contributed by atoms with Crippen molar-refractivity contribution in [2.75, 3.05) is 18.4 Å². The lowest BCUT2D eigenvalue weighted by Gasteiger charge is -2.30. The fraction of sp³-hybridized carbons (Fsp3) is 0.533. The van der Waals surface area contributed by atoms with Crippen LogP contribution in [-0.2, 0) is 16.1 Å². The van der Waals surface area contributed by atoms with E-state index >= 15 is 0 Å². The number of likely N-dealkylation sites (tertiary alicyclic amines) is 1. The van der Waals surface area contributed by atoms with Crippen molar-refractivity contribution >= 4 is 17.5 Å². The number of aryl methyl sites for hydroxylation is 1. The second-order valence-corrected chi connectivity index (χ2v) is 5.31. The second-order valence-electron chi connectivity index (χ2n) is 5.31. The van der Waals surface area contributed by atoms with Crippen LogP contribution in [0.2, 0.25) is 0 Å². The highest BCUT2D eigenvalue weighted by atomic mass is 16.2. The first-order chi connectivity index (χ1) is 10.0. The number of amides is 2. The first-order valence-electron chi connectivity index (χ1n) is 7.28. The molecular weight excluding hydrogens is 270 g/mol. The summed E-state index contributed by atoms with van der Waals surface area (Å²) in [6.07, 6.45) is 3.02. The number of piperidine rings is 1. The largest absolute Gasteiger partial charge is 0.343 e. The lowest BCUT2D eigenvalue weighted by atomic mass is 9.96. The molecule has 0 aliphatic carbocycles. The molecule has 2 amide bonds. The Morgan fingerprint density at radius 3 is 2.52 bits per heavy atom. The highest BCUT2D eigenvalue weighted by Crippen LogP contribution is 2.19. The zero-order valence-corrected chi connectivity index (χ0v) is 12.5. The van der Waals surface area contributed by atoms with Crippen LogP contribution < -0.4 is 10.9 Å². The molecule has 6 nitrogen and oxygen atoms in total. The van der Waals surface area contributed by atoms with Crippen LogP contribution in [0.1, 0.15) is 26.7 Å². The van der Waals surface area contributed by atoms with Gasteiger partial charge in [0.05, 0.1) is 5.69 Å². The Bertz CT molecular complexity index is 586. The number of pyridine rings is 1. The highest BCUT2D eigenvalue weighted by Gasteiger charge is 2.26. The Balaban J connectivity index is 1.96. The van der Waals surface area contributed by atoms with Gasteiger partial charge < -0.3 is 14.8 Å². The molecule has 21 heavy (non-hydrogen) atoms. The second kappa shape index (κ2) is 6.56. The third-order valence-corrected chi connectivity index (χ3v) is 3.90. The van der Waals surface area contributed by atoms with E-state index < -0.39 is 0 Å². The molecule has 0 bridgehead atoms. The predicted octanol–water partition coefficient (Wildman–Crippen LogP) is 1.07. The van der Waals surface area contributed by atoms with E-state index in [1.54, 1.807) is 28.7 Å². The van der Waals surface area contributed by atoms with Crippen molar-refractivity contribution in [1.29, 1.82) is 0 Å². The maximum Gasteiger partial charge on any atom is 0.250 e. The van der Waals surface area contributed by atoms with Gasteiger partial charge in [-0.2, -0.15) is 0 Å². The number of aromatic nitrogens is 1. The van der Waals surface area contributed by atoms with Gasteiger partial charge in [-0.25, -0.2) is 0 Å². The zero-order chi connectivity index (χ0) is 15.4. The van der Waals surface area contributed by atoms with Crippen LogP contribution in [0.5, 0.6) is 0 Å². The van der Waals surface area contributed by atoms with Crippen LogP contribution in [0.3, 0.4) is 0 Å². The van der Waals surface area contributed by atoms with Gasteiger partial charge in [0, 0.05) is 44.7 Å². The third-order valence-electron chi connectivity index (χ3n) is 3.90. The number of nitrogens with zero attached hydrogens (tertiary/aromatic N) is 2. The monoisotopic (exact) mass is 291 g/mol. The molecule has 0 unspecified atom stereocenters. The molecule has 1 aliphatic rings. The van der Waals surface area contributed by atoms with Gasteiger partial charge in [0.25, 0.3) is 5.56 Å². The summed E-state index contributed by atoms with van der Waals surface area (Å²) >= 11 is 0. The van der Waals surface area contributed by atoms with E-state index in [2.05, 4.69) is 5.32 Å². The molecule has 1 aromatic heterocycles. The molecule has 0 atom stereocenters. The van der Waals surface area contributed by atoms with Gasteiger partial charge in [0.1, 0.15) is 0 Å². The van der Waals surface area contributed by atoms with Crippen LogP contribution in [0.15, 0.2) is 23.1 Å². The Morgan fingerprint density at radius 2 is 1.95 bits per heavy atom. The zero-order valence-electron chi connectivity index (χ0n) is 12.5. The predicted molar refractivity (Wildman–Crippen MR) is 80.0 cm³/mol. The van der Waals surface area contributed by atoms with E-state index in [-0.39, 0.29) is 23.3 Å². The summed E-state index contributed by atoms with van der Waals surface area (Å²) in [5.74, 6) is -0.0639. The standard InChI is InChI=1S/C15H21N3O3/c1-3-17-10-13(4-5-14(17)20)16-15(21)12-6-8-18(9-7-12)11(2)19/h4-5,10,12H,3,6-9H2,1-2H3,(H,16,21). The third kappa shape index (κ3) is 3.71. The van der Waals surface area contributed by atoms with Crippen LogP contribution in [0, 0.1) is 5.92 Å². The molecule has 1 N–H and O–H groups in total. The number of hydrogen-bond acceptors (Lipinski definition) is 3. The van der Waals surface area contributed by atoms with E-state index in [0.717, 1.165) is 0 Å². The minimum absolute atomic E-state index is 0.0421. The smallest absolute Gasteiger partial charge is 0.250 e. The topological polar surface area (TPSA) is 71.4 Å². The molecule has 6 heteroatoms. The van der Waals surface area contributed by atoms with E-state index in [1.807, 2.05) is 6.92 Å². The molecule has 114 valence electrons. The Labute approximate surface area is 123 Å². The van der Waals surface area contributed by atoms with Crippen LogP contribution >= 0.6 is 0 Å². The summed E-state index contributed by atoms with van der Waals surface area (Å²) in [5, 5.41) is 2.86. The Hall–Kier alpha value is -2.11. The molecule has 1 saturated heterocycles. The Morgan fingerprint density at radius 1 is 1.29 bits per heavy atom. The van der Waals surface area contributed by atoms with Gasteiger partial charge in [-0.05, 0) is 25.8 Å². The van der Waals surface area contributed by atoms with Crippen molar-refractivity contribution in [3.8, 4) is 0 Å². The van der Waals surface area contributed by atoms with E-state index in [1.165, 1.54) is 6.07 Å². The van der Waals surface area contributed by atoms with Crippen molar-refractivity contribution in [2.45, 2.75) is 33.2 Å². The first kappa shape index (κ1) is 15.3. The van der Waals surface area contributed by atoms with Gasteiger partial charge in [0.2, 0.25) is 11.8 Å². The summed E-state index contributed by atoms with van der Waals surface area (Å²) in [5.41, 5.74) is 0.556. The van der Waals surface area contributed by atoms with Crippen molar-refractivity contribution in [1.82, 2.24) is 9.47 Å². The average molecular weight is 291 g/mol. The van der Waals surface area contributed by atoms with E-state index in [0.29, 0.717) is 38.2 Å². The van der Waals surface area contributed by atoms with E-state index in [4.69, 9.17) is 0 Å². The van der Waals surface area contributed by atoms with Crippen molar-refractivity contribution < 1.29 is 9.59 Å². The lowest BCUT2D eigenvalue weighted by Crippen LogP contribution is -2.40. The van der Waals surface area contributed by atoms with Crippen LogP contribution in [-0.4, -0.2) is 34.4 Å². The maximum atomic E-state index is 12.2. The number of carbonyl (C=O) groups excluding carboxylic acids is 2. The maximum absolute atomic E-state index is 12.2. The summed E-state index contributed by atoms with van der Waals surface area (Å²) in [6, 6.07) is 3.08. The lowest BCUT2D eigenvalue weighted by molar-refractivity contribution is -0.132. The fourth-order valence-corrected chi connectivity index (χ4v) is 2.55.